The fraction of sp³-hybridized carbons (Fsp3) is 0.586. The van der Waals surface area contributed by atoms with Gasteiger partial charge in [-0.15, -0.1) is 0 Å². The lowest BCUT2D eigenvalue weighted by molar-refractivity contribution is 0.538. The summed E-state index contributed by atoms with van der Waals surface area (Å²) in [6.07, 6.45) is 21.5. The summed E-state index contributed by atoms with van der Waals surface area (Å²) in [7, 11) is 0. The first-order valence-corrected chi connectivity index (χ1v) is 12.5. The lowest BCUT2D eigenvalue weighted by Crippen LogP contribution is -1.82. The fourth-order valence-corrected chi connectivity index (χ4v) is 4.35. The van der Waals surface area contributed by atoms with Gasteiger partial charge in [-0.25, -0.2) is 0 Å². The zero-order valence-corrected chi connectivity index (χ0v) is 19.2. The summed E-state index contributed by atoms with van der Waals surface area (Å²) >= 11 is 0. The Bertz CT molecular complexity index is 597. The third-order valence-electron chi connectivity index (χ3n) is 6.16. The molecule has 29 heavy (non-hydrogen) atoms. The van der Waals surface area contributed by atoms with Crippen molar-refractivity contribution in [2.75, 3.05) is 0 Å². The van der Waals surface area contributed by atoms with Crippen molar-refractivity contribution in [3.05, 3.63) is 59.7 Å². The Morgan fingerprint density at radius 1 is 0.448 bits per heavy atom. The highest BCUT2D eigenvalue weighted by Gasteiger charge is 2.15. The van der Waals surface area contributed by atoms with Crippen molar-refractivity contribution in [1.29, 1.82) is 0 Å². The molecule has 160 valence electrons. The van der Waals surface area contributed by atoms with Crippen LogP contribution in [-0.4, -0.2) is 0 Å². The molecule has 0 bridgehead atoms. The zero-order chi connectivity index (χ0) is 20.6. The molecule has 0 atom stereocenters. The maximum Gasteiger partial charge on any atom is -0.00135 e. The van der Waals surface area contributed by atoms with E-state index in [0.717, 1.165) is 6.42 Å². The molecule has 0 saturated heterocycles. The van der Waals surface area contributed by atoms with Crippen LogP contribution >= 0.6 is 0 Å². The number of unbranched alkanes of at least 4 members (excludes halogenated alkanes) is 13. The van der Waals surface area contributed by atoms with Crippen LogP contribution in [0.25, 0.3) is 11.1 Å². The molecule has 0 nitrogen and oxygen atoms in total. The number of rotatable bonds is 13. The summed E-state index contributed by atoms with van der Waals surface area (Å²) in [5, 5.41) is 0. The van der Waals surface area contributed by atoms with Crippen LogP contribution in [0.3, 0.4) is 0 Å². The number of fused-ring (bicyclic) bond motifs is 3. The Balaban J connectivity index is 0.000000209. The summed E-state index contributed by atoms with van der Waals surface area (Å²) in [6, 6.07) is 17.3. The summed E-state index contributed by atoms with van der Waals surface area (Å²) in [4.78, 5) is 0. The van der Waals surface area contributed by atoms with Gasteiger partial charge in [0.05, 0.1) is 0 Å². The lowest BCUT2D eigenvalue weighted by atomic mass is 10.0. The molecule has 1 aliphatic rings. The molecule has 0 N–H and O–H groups in total. The van der Waals surface area contributed by atoms with Crippen LogP contribution < -0.4 is 0 Å². The summed E-state index contributed by atoms with van der Waals surface area (Å²) in [6.45, 7) is 4.58. The van der Waals surface area contributed by atoms with E-state index >= 15 is 0 Å². The first-order valence-electron chi connectivity index (χ1n) is 12.5. The Morgan fingerprint density at radius 3 is 1.10 bits per heavy atom. The normalized spacial score (nSPS) is 11.5. The molecule has 0 aromatic heterocycles. The van der Waals surface area contributed by atoms with Gasteiger partial charge < -0.3 is 0 Å². The molecular weight excluding hydrogens is 348 g/mol. The van der Waals surface area contributed by atoms with Crippen molar-refractivity contribution in [2.24, 2.45) is 0 Å². The van der Waals surface area contributed by atoms with E-state index in [9.17, 15) is 0 Å². The van der Waals surface area contributed by atoms with Gasteiger partial charge in [-0.3, -0.25) is 0 Å². The van der Waals surface area contributed by atoms with Gasteiger partial charge in [0.2, 0.25) is 0 Å². The molecule has 0 spiro atoms. The van der Waals surface area contributed by atoms with Crippen LogP contribution in [0.5, 0.6) is 0 Å². The highest BCUT2D eigenvalue weighted by atomic mass is 14.2. The summed E-state index contributed by atoms with van der Waals surface area (Å²) in [5.74, 6) is 0. The molecule has 0 radical (unpaired) electrons. The average Bonchev–Trinajstić information content (AvgIpc) is 3.14. The molecular formula is C29H44. The van der Waals surface area contributed by atoms with Gasteiger partial charge in [-0.2, -0.15) is 0 Å². The molecule has 1 aliphatic carbocycles. The minimum absolute atomic E-state index is 1.10. The van der Waals surface area contributed by atoms with Gasteiger partial charge >= 0.3 is 0 Å². The minimum Gasteiger partial charge on any atom is -0.0654 e. The van der Waals surface area contributed by atoms with E-state index in [1.54, 1.807) is 0 Å². The maximum absolute atomic E-state index is 2.29. The number of hydrogen-bond acceptors (Lipinski definition) is 0. The van der Waals surface area contributed by atoms with E-state index in [2.05, 4.69) is 62.4 Å². The quantitative estimate of drug-likeness (QED) is 0.254. The van der Waals surface area contributed by atoms with E-state index in [1.165, 1.54) is 112 Å². The van der Waals surface area contributed by atoms with Gasteiger partial charge in [-0.05, 0) is 28.7 Å². The van der Waals surface area contributed by atoms with Crippen LogP contribution in [0.1, 0.15) is 115 Å². The van der Waals surface area contributed by atoms with Crippen molar-refractivity contribution < 1.29 is 0 Å². The van der Waals surface area contributed by atoms with Gasteiger partial charge in [0.15, 0.2) is 0 Å². The van der Waals surface area contributed by atoms with Crippen LogP contribution in [0, 0.1) is 0 Å². The van der Waals surface area contributed by atoms with Gasteiger partial charge in [-0.1, -0.05) is 152 Å². The Hall–Kier alpha value is -1.56. The first kappa shape index (κ1) is 23.7. The third-order valence-corrected chi connectivity index (χ3v) is 6.16. The van der Waals surface area contributed by atoms with Crippen LogP contribution in [0.4, 0.5) is 0 Å². The average molecular weight is 393 g/mol. The second-order valence-corrected chi connectivity index (χ2v) is 8.73. The van der Waals surface area contributed by atoms with Crippen molar-refractivity contribution in [2.45, 2.75) is 110 Å². The van der Waals surface area contributed by atoms with Crippen LogP contribution in [0.2, 0.25) is 0 Å². The zero-order valence-electron chi connectivity index (χ0n) is 19.2. The highest BCUT2D eigenvalue weighted by molar-refractivity contribution is 5.76. The predicted molar refractivity (Wildman–Crippen MR) is 131 cm³/mol. The van der Waals surface area contributed by atoms with E-state index in [1.807, 2.05) is 0 Å². The maximum atomic E-state index is 2.29. The molecule has 0 heterocycles. The standard InChI is InChI=1S/C16H34.C13H10/c1-3-5-7-9-11-13-15-16-14-12-10-8-6-4-2;1-3-7-12-10(5-1)9-11-6-2-4-8-13(11)12/h3-16H2,1-2H3;1-8H,9H2. The molecule has 0 aliphatic heterocycles. The van der Waals surface area contributed by atoms with Crippen molar-refractivity contribution in [3.8, 4) is 11.1 Å². The number of hydrogen-bond donors (Lipinski definition) is 0. The first-order chi connectivity index (χ1) is 14.4. The van der Waals surface area contributed by atoms with Crippen LogP contribution in [0.15, 0.2) is 48.5 Å². The second-order valence-electron chi connectivity index (χ2n) is 8.73. The fourth-order valence-electron chi connectivity index (χ4n) is 4.35. The van der Waals surface area contributed by atoms with Crippen molar-refractivity contribution >= 4 is 0 Å². The molecule has 0 heteroatoms. The predicted octanol–water partition coefficient (Wildman–Crippen LogP) is 9.75. The molecule has 3 rings (SSSR count). The lowest BCUT2D eigenvalue weighted by Gasteiger charge is -2.02. The molecule has 0 unspecified atom stereocenters. The van der Waals surface area contributed by atoms with Gasteiger partial charge in [0.25, 0.3) is 0 Å². The SMILES string of the molecule is CCCCCCCCCCCCCCCC.c1ccc2c(c1)Cc1ccccc1-2. The molecule has 2 aromatic carbocycles. The summed E-state index contributed by atoms with van der Waals surface area (Å²) < 4.78 is 0. The van der Waals surface area contributed by atoms with Gasteiger partial charge in [0, 0.05) is 0 Å². The highest BCUT2D eigenvalue weighted by Crippen LogP contribution is 2.35. The third kappa shape index (κ3) is 9.20. The van der Waals surface area contributed by atoms with Crippen LogP contribution in [-0.2, 0) is 6.42 Å². The van der Waals surface area contributed by atoms with Crippen molar-refractivity contribution in [1.82, 2.24) is 0 Å². The largest absolute Gasteiger partial charge is 0.0654 e. The Kier molecular flexibility index (Phi) is 12.5. The summed E-state index contributed by atoms with van der Waals surface area (Å²) in [5.41, 5.74) is 5.75. The van der Waals surface area contributed by atoms with E-state index < -0.39 is 0 Å². The molecule has 0 fully saturated rings. The molecule has 2 aromatic rings. The Morgan fingerprint density at radius 2 is 0.759 bits per heavy atom. The van der Waals surface area contributed by atoms with E-state index in [4.69, 9.17) is 0 Å². The van der Waals surface area contributed by atoms with Gasteiger partial charge in [0.1, 0.15) is 0 Å². The minimum atomic E-state index is 1.10. The second kappa shape index (κ2) is 15.3. The topological polar surface area (TPSA) is 0 Å². The monoisotopic (exact) mass is 392 g/mol. The van der Waals surface area contributed by atoms with E-state index in [0.29, 0.717) is 0 Å². The number of benzene rings is 2. The Labute approximate surface area is 181 Å². The van der Waals surface area contributed by atoms with E-state index in [-0.39, 0.29) is 0 Å². The molecule has 0 saturated carbocycles. The smallest absolute Gasteiger partial charge is 0.00135 e. The van der Waals surface area contributed by atoms with Crippen molar-refractivity contribution in [3.63, 3.8) is 0 Å². The molecule has 0 amide bonds.